The largest absolute Gasteiger partial charge is 0.507 e. The van der Waals surface area contributed by atoms with E-state index in [0.717, 1.165) is 41.9 Å². The van der Waals surface area contributed by atoms with Gasteiger partial charge >= 0.3 is 5.97 Å². The summed E-state index contributed by atoms with van der Waals surface area (Å²) in [7, 11) is 2.68. The van der Waals surface area contributed by atoms with Crippen LogP contribution in [0.3, 0.4) is 0 Å². The van der Waals surface area contributed by atoms with E-state index in [2.05, 4.69) is 35.1 Å². The third kappa shape index (κ3) is 12.9. The quantitative estimate of drug-likeness (QED) is 0.107. The Kier molecular flexibility index (Phi) is 17.5. The van der Waals surface area contributed by atoms with Gasteiger partial charge in [-0.15, -0.1) is 0 Å². The molecule has 0 saturated heterocycles. The van der Waals surface area contributed by atoms with Gasteiger partial charge in [0.25, 0.3) is 0 Å². The van der Waals surface area contributed by atoms with Gasteiger partial charge in [-0.1, -0.05) is 58.1 Å². The molecule has 1 aliphatic heterocycles. The molecule has 4 bridgehead atoms. The molecule has 1 aliphatic rings. The van der Waals surface area contributed by atoms with E-state index in [-0.39, 0.29) is 46.9 Å². The molecule has 318 valence electrons. The topological polar surface area (TPSA) is 255 Å². The lowest BCUT2D eigenvalue weighted by atomic mass is 9.94. The number of hydrogen-bond acceptors (Lipinski definition) is 10. The van der Waals surface area contributed by atoms with Gasteiger partial charge in [-0.2, -0.15) is 0 Å². The summed E-state index contributed by atoms with van der Waals surface area (Å²) in [6.45, 7) is 5.71. The van der Waals surface area contributed by atoms with Gasteiger partial charge in [0, 0.05) is 38.1 Å². The second-order valence-corrected chi connectivity index (χ2v) is 15.2. The molecule has 5 atom stereocenters. The third-order valence-electron chi connectivity index (χ3n) is 10.2. The summed E-state index contributed by atoms with van der Waals surface area (Å²) in [4.78, 5) is 93.6. The number of carboxylic acids is 1. The highest BCUT2D eigenvalue weighted by Crippen LogP contribution is 2.38. The molecule has 0 unspecified atom stereocenters. The third-order valence-corrected chi connectivity index (χ3v) is 10.2. The lowest BCUT2D eigenvalue weighted by molar-refractivity contribution is -0.143. The molecule has 58 heavy (non-hydrogen) atoms. The second kappa shape index (κ2) is 21.7. The van der Waals surface area contributed by atoms with Gasteiger partial charge in [0.05, 0.1) is 13.2 Å². The smallest absolute Gasteiger partial charge is 0.326 e. The molecule has 8 N–H and O–H groups in total. The highest BCUT2D eigenvalue weighted by atomic mass is 16.4. The molecule has 6 amide bonds. The highest BCUT2D eigenvalue weighted by molar-refractivity contribution is 5.96. The first-order valence-corrected chi connectivity index (χ1v) is 19.5. The summed E-state index contributed by atoms with van der Waals surface area (Å²) in [5.74, 6) is -5.61. The van der Waals surface area contributed by atoms with Crippen molar-refractivity contribution < 1.29 is 54.0 Å². The van der Waals surface area contributed by atoms with Gasteiger partial charge in [0.1, 0.15) is 41.7 Å². The van der Waals surface area contributed by atoms with E-state index in [1.807, 2.05) is 0 Å². The number of phenols is 2. The van der Waals surface area contributed by atoms with Crippen molar-refractivity contribution >= 4 is 41.4 Å². The number of carboxylic acid groups (broad SMARTS) is 1. The molecule has 0 saturated carbocycles. The molecule has 3 rings (SSSR count). The minimum Gasteiger partial charge on any atom is -0.507 e. The van der Waals surface area contributed by atoms with E-state index < -0.39 is 78.9 Å². The maximum atomic E-state index is 13.8. The molecule has 2 aromatic rings. The van der Waals surface area contributed by atoms with Crippen molar-refractivity contribution in [2.24, 2.45) is 5.92 Å². The Bertz CT molecular complexity index is 1820. The molecular weight excluding hydrogens is 752 g/mol. The van der Waals surface area contributed by atoms with Crippen molar-refractivity contribution in [2.45, 2.75) is 109 Å². The Morgan fingerprint density at radius 3 is 2.09 bits per heavy atom. The van der Waals surface area contributed by atoms with E-state index in [0.29, 0.717) is 17.9 Å². The fourth-order valence-corrected chi connectivity index (χ4v) is 6.56. The number of benzene rings is 2. The zero-order chi connectivity index (χ0) is 43.3. The van der Waals surface area contributed by atoms with E-state index in [4.69, 9.17) is 0 Å². The fourth-order valence-electron chi connectivity index (χ4n) is 6.56. The zero-order valence-electron chi connectivity index (χ0n) is 34.0. The SMILES string of the molecule is CC(C)CCCCCCCC(=O)N(C)[C@H](CO)C(=O)N[C@H](C)C(=O)NCC(=O)N(C)[C@@H]1C(=O)N[C@@H](C)C(=O)N[C@H](C(=O)O)Cc2ccc(O)c(c2)-c2cc1ccc2O. The van der Waals surface area contributed by atoms with Gasteiger partial charge in [-0.25, -0.2) is 4.79 Å². The molecule has 0 aliphatic carbocycles. The summed E-state index contributed by atoms with van der Waals surface area (Å²) in [5.41, 5.74) is 0.720. The van der Waals surface area contributed by atoms with Gasteiger partial charge < -0.3 is 51.5 Å². The summed E-state index contributed by atoms with van der Waals surface area (Å²) in [5, 5.41) is 51.1. The number of unbranched alkanes of at least 4 members (excludes halogenated alkanes) is 4. The number of phenolic OH excluding ortho intramolecular Hbond substituents is 2. The molecule has 0 fully saturated rings. The summed E-state index contributed by atoms with van der Waals surface area (Å²) < 4.78 is 0. The van der Waals surface area contributed by atoms with Crippen molar-refractivity contribution in [2.75, 3.05) is 27.2 Å². The van der Waals surface area contributed by atoms with E-state index in [9.17, 15) is 54.0 Å². The Balaban J connectivity index is 1.72. The highest BCUT2D eigenvalue weighted by Gasteiger charge is 2.34. The molecule has 2 aromatic carbocycles. The van der Waals surface area contributed by atoms with Crippen LogP contribution in [0.5, 0.6) is 11.5 Å². The summed E-state index contributed by atoms with van der Waals surface area (Å²) in [6.07, 6.45) is 5.90. The Morgan fingerprint density at radius 2 is 1.45 bits per heavy atom. The first-order valence-electron chi connectivity index (χ1n) is 19.5. The Hall–Kier alpha value is -5.71. The van der Waals surface area contributed by atoms with Gasteiger partial charge in [-0.05, 0) is 61.6 Å². The number of aromatic hydroxyl groups is 2. The first-order chi connectivity index (χ1) is 27.4. The van der Waals surface area contributed by atoms with Crippen LogP contribution < -0.4 is 21.3 Å². The maximum Gasteiger partial charge on any atom is 0.326 e. The predicted octanol–water partition coefficient (Wildman–Crippen LogP) is 1.72. The van der Waals surface area contributed by atoms with Gasteiger partial charge in [-0.3, -0.25) is 28.8 Å². The average molecular weight is 811 g/mol. The number of aliphatic carboxylic acids is 1. The van der Waals surface area contributed by atoms with E-state index >= 15 is 0 Å². The number of aliphatic hydroxyl groups excluding tert-OH is 1. The van der Waals surface area contributed by atoms with Crippen LogP contribution in [-0.2, 0) is 40.0 Å². The first kappa shape index (κ1) is 46.7. The number of amides is 6. The number of carbonyl (C=O) groups excluding carboxylic acids is 6. The minimum absolute atomic E-state index is 0.0652. The van der Waals surface area contributed by atoms with Crippen molar-refractivity contribution in [3.8, 4) is 22.6 Å². The minimum atomic E-state index is -1.47. The van der Waals surface area contributed by atoms with Crippen LogP contribution in [0.4, 0.5) is 0 Å². The lowest BCUT2D eigenvalue weighted by Crippen LogP contribution is -2.55. The van der Waals surface area contributed by atoms with Crippen molar-refractivity contribution in [3.05, 3.63) is 47.5 Å². The van der Waals surface area contributed by atoms with E-state index in [1.54, 1.807) is 0 Å². The van der Waals surface area contributed by atoms with Crippen LogP contribution in [0.1, 0.15) is 89.8 Å². The van der Waals surface area contributed by atoms with Crippen LogP contribution in [0.2, 0.25) is 0 Å². The molecule has 0 radical (unpaired) electrons. The Labute approximate surface area is 338 Å². The standard InChI is InChI=1S/C41H58N6O11/c1-23(2)12-10-8-7-9-11-13-34(51)46(5)31(22-48)39(55)43-24(3)37(53)42-21-35(52)47(6)36-27-15-17-33(50)29(20-27)28-18-26(14-16-32(28)49)19-30(41(57)58)45-38(54)25(4)44-40(36)56/h14-18,20,23-25,30-31,36,48-50H,7-13,19,21-22H2,1-6H3,(H,42,53)(H,43,55)(H,44,56)(H,45,54)(H,57,58)/t24-,25+,30+,31-,36+/m1/s1. The number of rotatable bonds is 17. The van der Waals surface area contributed by atoms with Gasteiger partial charge in [0.15, 0.2) is 0 Å². The van der Waals surface area contributed by atoms with E-state index in [1.165, 1.54) is 64.3 Å². The molecular formula is C41H58N6O11. The number of likely N-dealkylation sites (N-methyl/N-ethyl adjacent to an activating group) is 2. The number of hydrogen-bond donors (Lipinski definition) is 8. The normalized spacial score (nSPS) is 17.8. The fraction of sp³-hybridized carbons (Fsp3) is 0.537. The molecule has 0 spiro atoms. The monoisotopic (exact) mass is 810 g/mol. The van der Waals surface area contributed by atoms with Crippen molar-refractivity contribution in [1.82, 2.24) is 31.1 Å². The van der Waals surface area contributed by atoms with Crippen LogP contribution in [0, 0.1) is 5.92 Å². The number of fused-ring (bicyclic) bond motifs is 5. The lowest BCUT2D eigenvalue weighted by Gasteiger charge is -2.30. The van der Waals surface area contributed by atoms with Gasteiger partial charge in [0.2, 0.25) is 35.4 Å². The Morgan fingerprint density at radius 1 is 0.828 bits per heavy atom. The van der Waals surface area contributed by atoms with Crippen LogP contribution in [0.25, 0.3) is 11.1 Å². The number of nitrogens with zero attached hydrogens (tertiary/aromatic N) is 2. The molecule has 0 aromatic heterocycles. The molecule has 17 nitrogen and oxygen atoms in total. The number of carbonyl (C=O) groups is 7. The maximum absolute atomic E-state index is 13.8. The second-order valence-electron chi connectivity index (χ2n) is 15.2. The summed E-state index contributed by atoms with van der Waals surface area (Å²) >= 11 is 0. The number of nitrogens with one attached hydrogen (secondary N) is 4. The molecule has 17 heteroatoms. The van der Waals surface area contributed by atoms with Crippen LogP contribution in [-0.4, -0.2) is 123 Å². The van der Waals surface area contributed by atoms with Crippen LogP contribution >= 0.6 is 0 Å². The number of aliphatic hydroxyl groups is 1. The zero-order valence-corrected chi connectivity index (χ0v) is 34.0. The molecule has 1 heterocycles. The average Bonchev–Trinajstić information content (AvgIpc) is 3.16. The summed E-state index contributed by atoms with van der Waals surface area (Å²) in [6, 6.07) is 1.61. The predicted molar refractivity (Wildman–Crippen MR) is 213 cm³/mol. The van der Waals surface area contributed by atoms with Crippen LogP contribution in [0.15, 0.2) is 36.4 Å². The van der Waals surface area contributed by atoms with Crippen molar-refractivity contribution in [1.29, 1.82) is 0 Å². The van der Waals surface area contributed by atoms with Crippen molar-refractivity contribution in [3.63, 3.8) is 0 Å².